The number of nitrogens with two attached hydrogens (primary N) is 1. The first-order valence-corrected chi connectivity index (χ1v) is 9.18. The van der Waals surface area contributed by atoms with Crippen LogP contribution in [0.15, 0.2) is 48.5 Å². The molecule has 0 fully saturated rings. The van der Waals surface area contributed by atoms with Gasteiger partial charge in [0.2, 0.25) is 0 Å². The Morgan fingerprint density at radius 3 is 2.26 bits per heavy atom. The largest absolute Gasteiger partial charge is 0.481 e. The number of hydrogen-bond donors (Lipinski definition) is 2. The summed E-state index contributed by atoms with van der Waals surface area (Å²) >= 11 is 0.947. The number of hydrogen-bond acceptors (Lipinski definition) is 6. The third kappa shape index (κ3) is 3.17. The highest BCUT2D eigenvalue weighted by Crippen LogP contribution is 2.44. The van der Waals surface area contributed by atoms with Crippen molar-refractivity contribution < 1.29 is 19.4 Å². The average molecular weight is 380 g/mol. The molecule has 1 aromatic heterocycles. The van der Waals surface area contributed by atoms with Crippen molar-refractivity contribution in [1.82, 2.24) is 4.98 Å². The molecule has 3 N–H and O–H groups in total. The van der Waals surface area contributed by atoms with Gasteiger partial charge in [0.15, 0.2) is 5.13 Å². The fourth-order valence-electron chi connectivity index (χ4n) is 3.46. The second kappa shape index (κ2) is 6.85. The molecule has 0 saturated heterocycles. The van der Waals surface area contributed by atoms with Gasteiger partial charge in [-0.25, -0.2) is 9.78 Å². The van der Waals surface area contributed by atoms with Crippen LogP contribution in [0.5, 0.6) is 0 Å². The predicted molar refractivity (Wildman–Crippen MR) is 102 cm³/mol. The Morgan fingerprint density at radius 2 is 1.67 bits per heavy atom. The summed E-state index contributed by atoms with van der Waals surface area (Å²) in [4.78, 5) is 27.6. The molecule has 0 bridgehead atoms. The number of fused-ring (bicyclic) bond motifs is 3. The van der Waals surface area contributed by atoms with Gasteiger partial charge in [0.05, 0.1) is 12.1 Å². The van der Waals surface area contributed by atoms with Crippen LogP contribution in [-0.4, -0.2) is 28.6 Å². The first-order chi connectivity index (χ1) is 13.0. The van der Waals surface area contributed by atoms with E-state index in [1.165, 1.54) is 0 Å². The number of thiazole rings is 1. The lowest BCUT2D eigenvalue weighted by molar-refractivity contribution is -0.136. The second-order valence-corrected chi connectivity index (χ2v) is 7.25. The molecule has 0 atom stereocenters. The zero-order chi connectivity index (χ0) is 19.0. The number of carboxylic acids is 1. The highest BCUT2D eigenvalue weighted by molar-refractivity contribution is 7.17. The maximum atomic E-state index is 12.5. The number of nitrogens with zero attached hydrogens (tertiary/aromatic N) is 1. The van der Waals surface area contributed by atoms with Crippen molar-refractivity contribution >= 4 is 28.4 Å². The molecular weight excluding hydrogens is 364 g/mol. The monoisotopic (exact) mass is 380 g/mol. The van der Waals surface area contributed by atoms with Crippen molar-refractivity contribution in [3.05, 3.63) is 70.2 Å². The number of carbonyl (C=O) groups excluding carboxylic acids is 1. The molecular formula is C20H16N2O4S. The maximum absolute atomic E-state index is 12.5. The Kier molecular flexibility index (Phi) is 4.37. The van der Waals surface area contributed by atoms with E-state index in [4.69, 9.17) is 15.6 Å². The van der Waals surface area contributed by atoms with Crippen LogP contribution in [0.3, 0.4) is 0 Å². The predicted octanol–water partition coefficient (Wildman–Crippen LogP) is 3.32. The number of benzene rings is 2. The molecule has 0 saturated carbocycles. The topological polar surface area (TPSA) is 103 Å². The van der Waals surface area contributed by atoms with E-state index in [9.17, 15) is 9.59 Å². The number of nitrogen functional groups attached to an aromatic ring is 1. The Balaban J connectivity index is 1.58. The van der Waals surface area contributed by atoms with E-state index in [2.05, 4.69) is 17.1 Å². The van der Waals surface area contributed by atoms with Crippen LogP contribution in [0.4, 0.5) is 5.13 Å². The lowest BCUT2D eigenvalue weighted by Gasteiger charge is -2.14. The van der Waals surface area contributed by atoms with Gasteiger partial charge in [-0.3, -0.25) is 4.79 Å². The molecule has 0 radical (unpaired) electrons. The molecule has 0 aliphatic heterocycles. The lowest BCUT2D eigenvalue weighted by Crippen LogP contribution is -2.14. The van der Waals surface area contributed by atoms with Crippen LogP contribution in [0.2, 0.25) is 0 Å². The average Bonchev–Trinajstić information content (AvgIpc) is 3.17. The summed E-state index contributed by atoms with van der Waals surface area (Å²) < 4.78 is 5.54. The van der Waals surface area contributed by atoms with E-state index in [1.54, 1.807) is 0 Å². The van der Waals surface area contributed by atoms with Gasteiger partial charge < -0.3 is 15.6 Å². The highest BCUT2D eigenvalue weighted by atomic mass is 32.1. The summed E-state index contributed by atoms with van der Waals surface area (Å²) in [6.45, 7) is 0.164. The molecule has 2 aromatic carbocycles. The van der Waals surface area contributed by atoms with Gasteiger partial charge in [0, 0.05) is 5.92 Å². The van der Waals surface area contributed by atoms with Gasteiger partial charge in [0.1, 0.15) is 11.5 Å². The van der Waals surface area contributed by atoms with Gasteiger partial charge in [0.25, 0.3) is 0 Å². The van der Waals surface area contributed by atoms with E-state index in [-0.39, 0.29) is 34.6 Å². The summed E-state index contributed by atoms with van der Waals surface area (Å²) in [5, 5.41) is 9.12. The van der Waals surface area contributed by atoms with Crippen molar-refractivity contribution in [2.75, 3.05) is 12.3 Å². The van der Waals surface area contributed by atoms with Crippen LogP contribution in [-0.2, 0) is 16.0 Å². The Hall–Kier alpha value is -3.19. The molecule has 27 heavy (non-hydrogen) atoms. The quantitative estimate of drug-likeness (QED) is 0.658. The number of esters is 1. The van der Waals surface area contributed by atoms with E-state index in [1.807, 2.05) is 36.4 Å². The summed E-state index contributed by atoms with van der Waals surface area (Å²) in [5.74, 6) is -1.73. The van der Waals surface area contributed by atoms with Gasteiger partial charge in [-0.1, -0.05) is 59.9 Å². The van der Waals surface area contributed by atoms with Crippen molar-refractivity contribution in [3.63, 3.8) is 0 Å². The fraction of sp³-hybridized carbons (Fsp3) is 0.150. The molecule has 136 valence electrons. The van der Waals surface area contributed by atoms with Crippen molar-refractivity contribution in [2.45, 2.75) is 12.3 Å². The number of carboxylic acid groups (broad SMARTS) is 1. The standard InChI is InChI=1S/C20H16N2O4S/c21-20-22-16(9-17(23)24)18(27-20)19(25)26-10-15-13-7-3-1-5-11(13)12-6-2-4-8-14(12)15/h1-8,15H,9-10H2,(H2,21,22)(H,23,24). The summed E-state index contributed by atoms with van der Waals surface area (Å²) in [5.41, 5.74) is 10.3. The van der Waals surface area contributed by atoms with Crippen LogP contribution >= 0.6 is 11.3 Å². The zero-order valence-corrected chi connectivity index (χ0v) is 15.0. The van der Waals surface area contributed by atoms with Crippen molar-refractivity contribution in [2.24, 2.45) is 0 Å². The van der Waals surface area contributed by atoms with Gasteiger partial charge in [-0.2, -0.15) is 0 Å². The fourth-order valence-corrected chi connectivity index (χ4v) is 4.20. The van der Waals surface area contributed by atoms with Crippen molar-refractivity contribution in [3.8, 4) is 11.1 Å². The Morgan fingerprint density at radius 1 is 1.07 bits per heavy atom. The number of aromatic nitrogens is 1. The summed E-state index contributed by atoms with van der Waals surface area (Å²) in [6, 6.07) is 16.1. The van der Waals surface area contributed by atoms with Gasteiger partial charge in [-0.15, -0.1) is 0 Å². The van der Waals surface area contributed by atoms with Crippen LogP contribution in [0.25, 0.3) is 11.1 Å². The Labute approximate surface area is 159 Å². The normalized spacial score (nSPS) is 12.4. The van der Waals surface area contributed by atoms with Crippen LogP contribution < -0.4 is 5.73 Å². The third-order valence-corrected chi connectivity index (χ3v) is 5.47. The van der Waals surface area contributed by atoms with Gasteiger partial charge in [-0.05, 0) is 22.3 Å². The van der Waals surface area contributed by atoms with E-state index in [0.717, 1.165) is 33.6 Å². The van der Waals surface area contributed by atoms with E-state index in [0.29, 0.717) is 0 Å². The molecule has 1 heterocycles. The molecule has 4 rings (SSSR count). The zero-order valence-electron chi connectivity index (χ0n) is 14.2. The lowest BCUT2D eigenvalue weighted by atomic mass is 9.98. The number of ether oxygens (including phenoxy) is 1. The molecule has 0 amide bonds. The first kappa shape index (κ1) is 17.2. The number of anilines is 1. The molecule has 0 unspecified atom stereocenters. The molecule has 7 heteroatoms. The molecule has 0 spiro atoms. The number of aliphatic carboxylic acids is 1. The minimum Gasteiger partial charge on any atom is -0.481 e. The second-order valence-electron chi connectivity index (χ2n) is 6.22. The highest BCUT2D eigenvalue weighted by Gasteiger charge is 2.30. The smallest absolute Gasteiger partial charge is 0.350 e. The van der Waals surface area contributed by atoms with Gasteiger partial charge >= 0.3 is 11.9 Å². The Bertz CT molecular complexity index is 998. The summed E-state index contributed by atoms with van der Waals surface area (Å²) in [6.07, 6.45) is -0.368. The van der Waals surface area contributed by atoms with Crippen molar-refractivity contribution in [1.29, 1.82) is 0 Å². The number of rotatable bonds is 5. The summed E-state index contributed by atoms with van der Waals surface area (Å²) in [7, 11) is 0. The molecule has 3 aromatic rings. The number of carbonyl (C=O) groups is 2. The first-order valence-electron chi connectivity index (χ1n) is 8.37. The SMILES string of the molecule is Nc1nc(CC(=O)O)c(C(=O)OCC2c3ccccc3-c3ccccc32)s1. The molecule has 1 aliphatic rings. The molecule has 1 aliphatic carbocycles. The van der Waals surface area contributed by atoms with E-state index < -0.39 is 11.9 Å². The third-order valence-electron chi connectivity index (χ3n) is 4.56. The maximum Gasteiger partial charge on any atom is 0.350 e. The van der Waals surface area contributed by atoms with E-state index >= 15 is 0 Å². The van der Waals surface area contributed by atoms with Crippen LogP contribution in [0, 0.1) is 0 Å². The minimum absolute atomic E-state index is 0.0606. The molecule has 6 nitrogen and oxygen atoms in total. The minimum atomic E-state index is -1.08. The van der Waals surface area contributed by atoms with Crippen LogP contribution in [0.1, 0.15) is 32.4 Å².